The van der Waals surface area contributed by atoms with Crippen LogP contribution < -0.4 is 5.73 Å². The fourth-order valence-corrected chi connectivity index (χ4v) is 1.80. The second kappa shape index (κ2) is 4.72. The Hall–Kier alpha value is -2.37. The molecule has 0 unspecified atom stereocenters. The van der Waals surface area contributed by atoms with E-state index in [1.54, 1.807) is 12.1 Å². The first-order valence-corrected chi connectivity index (χ1v) is 5.32. The molecule has 0 spiro atoms. The molecule has 0 atom stereocenters. The molecule has 0 aliphatic heterocycles. The molecular formula is C13H9F3N2O. The minimum atomic E-state index is -4.68. The maximum absolute atomic E-state index is 13.1. The van der Waals surface area contributed by atoms with Gasteiger partial charge >= 0.3 is 6.18 Å². The van der Waals surface area contributed by atoms with Crippen molar-refractivity contribution in [3.05, 3.63) is 53.7 Å². The van der Waals surface area contributed by atoms with E-state index in [0.29, 0.717) is 0 Å². The number of halogens is 3. The SMILES string of the molecule is NC(=O)c1cccc(-c2ccccn2)c1C(F)(F)F. The first kappa shape index (κ1) is 13.1. The molecule has 0 saturated carbocycles. The van der Waals surface area contributed by atoms with Crippen LogP contribution in [0.15, 0.2) is 42.6 Å². The van der Waals surface area contributed by atoms with Gasteiger partial charge in [-0.2, -0.15) is 13.2 Å². The molecule has 0 fully saturated rings. The molecule has 2 N–H and O–H groups in total. The molecule has 19 heavy (non-hydrogen) atoms. The van der Waals surface area contributed by atoms with Gasteiger partial charge in [-0.25, -0.2) is 0 Å². The molecular weight excluding hydrogens is 257 g/mol. The second-order valence-electron chi connectivity index (χ2n) is 3.81. The zero-order chi connectivity index (χ0) is 14.0. The predicted octanol–water partition coefficient (Wildman–Crippen LogP) is 2.87. The summed E-state index contributed by atoms with van der Waals surface area (Å²) in [5.41, 5.74) is 3.36. The third-order valence-corrected chi connectivity index (χ3v) is 2.55. The summed E-state index contributed by atoms with van der Waals surface area (Å²) < 4.78 is 39.4. The number of benzene rings is 1. The highest BCUT2D eigenvalue weighted by molar-refractivity contribution is 5.96. The van der Waals surface area contributed by atoms with Crippen LogP contribution in [0.2, 0.25) is 0 Å². The van der Waals surface area contributed by atoms with Gasteiger partial charge in [0.15, 0.2) is 0 Å². The van der Waals surface area contributed by atoms with Crippen LogP contribution in [0.25, 0.3) is 11.3 Å². The molecule has 2 aromatic rings. The van der Waals surface area contributed by atoms with Crippen molar-refractivity contribution in [1.29, 1.82) is 0 Å². The first-order valence-electron chi connectivity index (χ1n) is 5.32. The van der Waals surface area contributed by atoms with Gasteiger partial charge in [0.2, 0.25) is 5.91 Å². The quantitative estimate of drug-likeness (QED) is 0.908. The van der Waals surface area contributed by atoms with Crippen molar-refractivity contribution in [3.8, 4) is 11.3 Å². The highest BCUT2D eigenvalue weighted by Gasteiger charge is 2.37. The number of nitrogens with two attached hydrogens (primary N) is 1. The Morgan fingerprint density at radius 2 is 1.84 bits per heavy atom. The Labute approximate surface area is 106 Å². The number of pyridine rings is 1. The third-order valence-electron chi connectivity index (χ3n) is 2.55. The lowest BCUT2D eigenvalue weighted by Gasteiger charge is -2.15. The first-order chi connectivity index (χ1) is 8.91. The topological polar surface area (TPSA) is 56.0 Å². The highest BCUT2D eigenvalue weighted by atomic mass is 19.4. The smallest absolute Gasteiger partial charge is 0.366 e. The van der Waals surface area contributed by atoms with Gasteiger partial charge in [0.05, 0.1) is 16.8 Å². The highest BCUT2D eigenvalue weighted by Crippen LogP contribution is 2.38. The minimum absolute atomic E-state index is 0.137. The van der Waals surface area contributed by atoms with Gasteiger partial charge in [-0.3, -0.25) is 9.78 Å². The van der Waals surface area contributed by atoms with Crippen molar-refractivity contribution < 1.29 is 18.0 Å². The van der Waals surface area contributed by atoms with E-state index < -0.39 is 23.2 Å². The molecule has 98 valence electrons. The van der Waals surface area contributed by atoms with E-state index in [2.05, 4.69) is 4.98 Å². The molecule has 3 nitrogen and oxygen atoms in total. The summed E-state index contributed by atoms with van der Waals surface area (Å²) in [6.07, 6.45) is -3.30. The van der Waals surface area contributed by atoms with Crippen LogP contribution in [0.3, 0.4) is 0 Å². The Balaban J connectivity index is 2.75. The van der Waals surface area contributed by atoms with Crippen LogP contribution >= 0.6 is 0 Å². The molecule has 6 heteroatoms. The number of nitrogens with zero attached hydrogens (tertiary/aromatic N) is 1. The van der Waals surface area contributed by atoms with Gasteiger partial charge in [0, 0.05) is 11.8 Å². The van der Waals surface area contributed by atoms with E-state index in [4.69, 9.17) is 5.73 Å². The molecule has 1 aromatic heterocycles. The molecule has 1 aromatic carbocycles. The minimum Gasteiger partial charge on any atom is -0.366 e. The van der Waals surface area contributed by atoms with Crippen LogP contribution in [-0.2, 0) is 6.18 Å². The fraction of sp³-hybridized carbons (Fsp3) is 0.0769. The average molecular weight is 266 g/mol. The Morgan fingerprint density at radius 3 is 2.37 bits per heavy atom. The number of alkyl halides is 3. The van der Waals surface area contributed by atoms with Crippen molar-refractivity contribution >= 4 is 5.91 Å². The Kier molecular flexibility index (Phi) is 3.25. The van der Waals surface area contributed by atoms with Crippen LogP contribution in [0.5, 0.6) is 0 Å². The van der Waals surface area contributed by atoms with Gasteiger partial charge in [-0.05, 0) is 18.2 Å². The van der Waals surface area contributed by atoms with Crippen LogP contribution in [-0.4, -0.2) is 10.9 Å². The second-order valence-corrected chi connectivity index (χ2v) is 3.81. The van der Waals surface area contributed by atoms with Crippen LogP contribution in [0.1, 0.15) is 15.9 Å². The van der Waals surface area contributed by atoms with Gasteiger partial charge < -0.3 is 5.73 Å². The lowest BCUT2D eigenvalue weighted by Crippen LogP contribution is -2.19. The molecule has 0 aliphatic carbocycles. The summed E-state index contributed by atoms with van der Waals surface area (Å²) in [7, 11) is 0. The molecule has 0 aliphatic rings. The zero-order valence-corrected chi connectivity index (χ0v) is 9.61. The molecule has 0 bridgehead atoms. The standard InChI is InChI=1S/C13H9F3N2O/c14-13(15,16)11-8(10-6-1-2-7-18-10)4-3-5-9(11)12(17)19/h1-7H,(H2,17,19). The van der Waals surface area contributed by atoms with E-state index in [9.17, 15) is 18.0 Å². The van der Waals surface area contributed by atoms with E-state index >= 15 is 0 Å². The number of carbonyl (C=O) groups is 1. The largest absolute Gasteiger partial charge is 0.417 e. The third kappa shape index (κ3) is 2.57. The summed E-state index contributed by atoms with van der Waals surface area (Å²) in [5, 5.41) is 0. The van der Waals surface area contributed by atoms with E-state index in [1.165, 1.54) is 24.4 Å². The van der Waals surface area contributed by atoms with Crippen molar-refractivity contribution in [2.45, 2.75) is 6.18 Å². The van der Waals surface area contributed by atoms with Gasteiger partial charge in [-0.1, -0.05) is 18.2 Å². The predicted molar refractivity (Wildman–Crippen MR) is 63.2 cm³/mol. The number of aromatic nitrogens is 1. The lowest BCUT2D eigenvalue weighted by atomic mass is 9.97. The van der Waals surface area contributed by atoms with Crippen molar-refractivity contribution in [2.75, 3.05) is 0 Å². The van der Waals surface area contributed by atoms with Crippen molar-refractivity contribution in [2.24, 2.45) is 5.73 Å². The maximum Gasteiger partial charge on any atom is 0.417 e. The summed E-state index contributed by atoms with van der Waals surface area (Å²) in [6, 6.07) is 8.26. The normalized spacial score (nSPS) is 11.3. The van der Waals surface area contributed by atoms with Gasteiger partial charge in [0.25, 0.3) is 0 Å². The van der Waals surface area contributed by atoms with Crippen molar-refractivity contribution in [3.63, 3.8) is 0 Å². The molecule has 0 saturated heterocycles. The van der Waals surface area contributed by atoms with Crippen LogP contribution in [0.4, 0.5) is 13.2 Å². The lowest BCUT2D eigenvalue weighted by molar-refractivity contribution is -0.137. The number of hydrogen-bond donors (Lipinski definition) is 1. The number of carbonyl (C=O) groups excluding carboxylic acids is 1. The number of hydrogen-bond acceptors (Lipinski definition) is 2. The monoisotopic (exact) mass is 266 g/mol. The van der Waals surface area contributed by atoms with Crippen molar-refractivity contribution in [1.82, 2.24) is 4.98 Å². The summed E-state index contributed by atoms with van der Waals surface area (Å²) in [4.78, 5) is 15.0. The molecule has 1 heterocycles. The Morgan fingerprint density at radius 1 is 1.11 bits per heavy atom. The Bertz CT molecular complexity index is 609. The van der Waals surface area contributed by atoms with E-state index in [0.717, 1.165) is 6.07 Å². The van der Waals surface area contributed by atoms with Gasteiger partial charge in [-0.15, -0.1) is 0 Å². The number of rotatable bonds is 2. The number of primary amides is 1. The van der Waals surface area contributed by atoms with E-state index in [-0.39, 0.29) is 11.3 Å². The van der Waals surface area contributed by atoms with Crippen LogP contribution in [0, 0.1) is 0 Å². The maximum atomic E-state index is 13.1. The van der Waals surface area contributed by atoms with Gasteiger partial charge in [0.1, 0.15) is 0 Å². The average Bonchev–Trinajstić information content (AvgIpc) is 2.38. The molecule has 1 amide bonds. The molecule has 2 rings (SSSR count). The summed E-state index contributed by atoms with van der Waals surface area (Å²) >= 11 is 0. The summed E-state index contributed by atoms with van der Waals surface area (Å²) in [5.74, 6) is -1.12. The zero-order valence-electron chi connectivity index (χ0n) is 9.61. The van der Waals surface area contributed by atoms with E-state index in [1.807, 2.05) is 0 Å². The summed E-state index contributed by atoms with van der Waals surface area (Å²) in [6.45, 7) is 0. The fourth-order valence-electron chi connectivity index (χ4n) is 1.80. The molecule has 0 radical (unpaired) electrons. The number of amides is 1.